The third kappa shape index (κ3) is 5.71. The SMILES string of the molecule is CC1CN(S(=O)(=O)c2ccc(C(=O)N(/N=C/c3coc4ccccc4c3=O)c3nc4ccc(F)cc4s3)cc2)CC(C)O1. The second kappa shape index (κ2) is 11.4. The lowest BCUT2D eigenvalue weighted by molar-refractivity contribution is -0.0440. The highest BCUT2D eigenvalue weighted by molar-refractivity contribution is 7.89. The van der Waals surface area contributed by atoms with E-state index in [9.17, 15) is 22.4 Å². The topological polar surface area (TPSA) is 122 Å². The Morgan fingerprint density at radius 3 is 2.56 bits per heavy atom. The summed E-state index contributed by atoms with van der Waals surface area (Å²) >= 11 is 1.04. The number of benzene rings is 3. The number of sulfonamides is 1. The molecule has 0 N–H and O–H groups in total. The summed E-state index contributed by atoms with van der Waals surface area (Å²) in [7, 11) is -3.83. The molecule has 13 heteroatoms. The fourth-order valence-corrected chi connectivity index (χ4v) is 7.37. The number of aromatic nitrogens is 1. The van der Waals surface area contributed by atoms with Gasteiger partial charge in [0.2, 0.25) is 20.6 Å². The van der Waals surface area contributed by atoms with Crippen LogP contribution in [0.5, 0.6) is 0 Å². The highest BCUT2D eigenvalue weighted by atomic mass is 32.2. The number of amides is 1. The Morgan fingerprint density at radius 2 is 1.81 bits per heavy atom. The molecule has 6 rings (SSSR count). The first-order chi connectivity index (χ1) is 20.6. The quantitative estimate of drug-likeness (QED) is 0.193. The first kappa shape index (κ1) is 28.8. The van der Waals surface area contributed by atoms with Crippen molar-refractivity contribution < 1.29 is 26.8 Å². The number of nitrogens with zero attached hydrogens (tertiary/aromatic N) is 4. The van der Waals surface area contributed by atoms with Crippen LogP contribution in [0.15, 0.2) is 92.2 Å². The smallest absolute Gasteiger partial charge is 0.280 e. The number of thiazole rings is 1. The van der Waals surface area contributed by atoms with Crippen LogP contribution < -0.4 is 10.4 Å². The number of hydrogen-bond donors (Lipinski definition) is 0. The molecular weight excluding hydrogens is 595 g/mol. The van der Waals surface area contributed by atoms with Gasteiger partial charge in [-0.3, -0.25) is 9.59 Å². The van der Waals surface area contributed by atoms with E-state index in [-0.39, 0.29) is 51.9 Å². The molecule has 3 heterocycles. The van der Waals surface area contributed by atoms with Gasteiger partial charge in [0.05, 0.1) is 44.5 Å². The molecule has 2 atom stereocenters. The Kier molecular flexibility index (Phi) is 7.65. The number of carbonyl (C=O) groups excluding carboxylic acids is 1. The van der Waals surface area contributed by atoms with Crippen LogP contribution in [0.4, 0.5) is 9.52 Å². The summed E-state index contributed by atoms with van der Waals surface area (Å²) in [4.78, 5) is 31.3. The molecular formula is C30H25FN4O6S2. The van der Waals surface area contributed by atoms with Crippen LogP contribution in [-0.4, -0.2) is 55.1 Å². The molecule has 2 unspecified atom stereocenters. The number of halogens is 1. The zero-order valence-corrected chi connectivity index (χ0v) is 24.6. The normalized spacial score (nSPS) is 18.0. The summed E-state index contributed by atoms with van der Waals surface area (Å²) in [6.07, 6.45) is 1.94. The van der Waals surface area contributed by atoms with Crippen molar-refractivity contribution in [3.8, 4) is 0 Å². The van der Waals surface area contributed by atoms with Gasteiger partial charge in [0.15, 0.2) is 0 Å². The Balaban J connectivity index is 1.35. The van der Waals surface area contributed by atoms with Gasteiger partial charge in [-0.15, -0.1) is 0 Å². The highest BCUT2D eigenvalue weighted by Gasteiger charge is 2.32. The van der Waals surface area contributed by atoms with Gasteiger partial charge in [0.25, 0.3) is 5.91 Å². The molecule has 220 valence electrons. The molecule has 5 aromatic rings. The third-order valence-corrected chi connectivity index (χ3v) is 9.70. The van der Waals surface area contributed by atoms with E-state index in [1.807, 2.05) is 13.8 Å². The van der Waals surface area contributed by atoms with E-state index in [0.29, 0.717) is 21.2 Å². The van der Waals surface area contributed by atoms with Crippen molar-refractivity contribution in [1.82, 2.24) is 9.29 Å². The van der Waals surface area contributed by atoms with E-state index >= 15 is 0 Å². The van der Waals surface area contributed by atoms with Crippen molar-refractivity contribution >= 4 is 59.8 Å². The maximum absolute atomic E-state index is 13.9. The summed E-state index contributed by atoms with van der Waals surface area (Å²) in [6, 6.07) is 16.3. The lowest BCUT2D eigenvalue weighted by atomic mass is 10.2. The van der Waals surface area contributed by atoms with E-state index in [2.05, 4.69) is 10.1 Å². The first-order valence-corrected chi connectivity index (χ1v) is 15.6. The molecule has 3 aromatic carbocycles. The Hall–Kier alpha value is -4.30. The van der Waals surface area contributed by atoms with Crippen LogP contribution in [0.1, 0.15) is 29.8 Å². The van der Waals surface area contributed by atoms with Crippen LogP contribution >= 0.6 is 11.3 Å². The molecule has 0 saturated carbocycles. The molecule has 1 amide bonds. The first-order valence-electron chi connectivity index (χ1n) is 13.3. The number of hydrazone groups is 1. The molecule has 0 aliphatic carbocycles. The maximum atomic E-state index is 13.9. The fourth-order valence-electron chi connectivity index (χ4n) is 4.84. The summed E-state index contributed by atoms with van der Waals surface area (Å²) in [6.45, 7) is 4.06. The monoisotopic (exact) mass is 620 g/mol. The lowest BCUT2D eigenvalue weighted by Gasteiger charge is -2.34. The number of rotatable bonds is 6. The van der Waals surface area contributed by atoms with Crippen molar-refractivity contribution in [3.63, 3.8) is 0 Å². The highest BCUT2D eigenvalue weighted by Crippen LogP contribution is 2.31. The Labute approximate surface area is 249 Å². The average Bonchev–Trinajstić information content (AvgIpc) is 3.40. The number of fused-ring (bicyclic) bond motifs is 2. The zero-order valence-electron chi connectivity index (χ0n) is 23.0. The van der Waals surface area contributed by atoms with E-state index in [1.54, 1.807) is 24.3 Å². The number of ether oxygens (including phenoxy) is 1. The number of para-hydroxylation sites is 1. The Bertz CT molecular complexity index is 2030. The van der Waals surface area contributed by atoms with Crippen molar-refractivity contribution in [2.75, 3.05) is 18.1 Å². The third-order valence-electron chi connectivity index (χ3n) is 6.86. The predicted molar refractivity (Wildman–Crippen MR) is 162 cm³/mol. The number of hydrogen-bond acceptors (Lipinski definition) is 9. The van der Waals surface area contributed by atoms with Crippen LogP contribution in [-0.2, 0) is 14.8 Å². The molecule has 43 heavy (non-hydrogen) atoms. The maximum Gasteiger partial charge on any atom is 0.280 e. The number of morpholine rings is 1. The van der Waals surface area contributed by atoms with Gasteiger partial charge < -0.3 is 9.15 Å². The zero-order chi connectivity index (χ0) is 30.3. The summed E-state index contributed by atoms with van der Waals surface area (Å²) in [5.74, 6) is -1.10. The fraction of sp³-hybridized carbons (Fsp3) is 0.200. The van der Waals surface area contributed by atoms with Crippen LogP contribution in [0.3, 0.4) is 0 Å². The van der Waals surface area contributed by atoms with Gasteiger partial charge in [-0.25, -0.2) is 17.8 Å². The molecule has 0 spiro atoms. The van der Waals surface area contributed by atoms with Gasteiger partial charge in [-0.05, 0) is 68.4 Å². The predicted octanol–water partition coefficient (Wildman–Crippen LogP) is 5.02. The number of carbonyl (C=O) groups is 1. The van der Waals surface area contributed by atoms with Gasteiger partial charge >= 0.3 is 0 Å². The van der Waals surface area contributed by atoms with Crippen LogP contribution in [0, 0.1) is 5.82 Å². The van der Waals surface area contributed by atoms with Crippen molar-refractivity contribution in [3.05, 3.63) is 100 Å². The average molecular weight is 621 g/mol. The van der Waals surface area contributed by atoms with Gasteiger partial charge in [0, 0.05) is 18.7 Å². The van der Waals surface area contributed by atoms with Crippen molar-refractivity contribution in [2.45, 2.75) is 31.0 Å². The minimum absolute atomic E-state index is 0.0321. The van der Waals surface area contributed by atoms with Crippen molar-refractivity contribution in [1.29, 1.82) is 0 Å². The molecule has 0 bridgehead atoms. The van der Waals surface area contributed by atoms with Crippen molar-refractivity contribution in [2.24, 2.45) is 5.10 Å². The lowest BCUT2D eigenvalue weighted by Crippen LogP contribution is -2.48. The molecule has 0 radical (unpaired) electrons. The largest absolute Gasteiger partial charge is 0.463 e. The summed E-state index contributed by atoms with van der Waals surface area (Å²) in [5, 5.41) is 5.76. The van der Waals surface area contributed by atoms with Gasteiger partial charge in [-0.2, -0.15) is 14.4 Å². The van der Waals surface area contributed by atoms with E-state index in [4.69, 9.17) is 9.15 Å². The summed E-state index contributed by atoms with van der Waals surface area (Å²) in [5.41, 5.74) is 0.734. The van der Waals surface area contributed by atoms with Gasteiger partial charge in [-0.1, -0.05) is 23.5 Å². The standard InChI is InChI=1S/C30H25FN4O6S2/c1-18-15-34(16-19(2)41-18)43(38,39)23-10-7-20(8-11-23)29(37)35(30-33-25-12-9-22(31)13-27(25)42-30)32-14-21-17-40-26-6-4-3-5-24(26)28(21)36/h3-14,17-19H,15-16H2,1-2H3/b32-14+. The summed E-state index contributed by atoms with van der Waals surface area (Å²) < 4.78 is 53.6. The molecule has 1 saturated heterocycles. The molecule has 2 aromatic heterocycles. The molecule has 10 nitrogen and oxygen atoms in total. The second-order valence-electron chi connectivity index (χ2n) is 10.1. The minimum atomic E-state index is -3.83. The molecule has 1 fully saturated rings. The van der Waals surface area contributed by atoms with Crippen LogP contribution in [0.2, 0.25) is 0 Å². The van der Waals surface area contributed by atoms with E-state index < -0.39 is 21.7 Å². The van der Waals surface area contributed by atoms with Crippen LogP contribution in [0.25, 0.3) is 21.2 Å². The van der Waals surface area contributed by atoms with E-state index in [0.717, 1.165) is 16.3 Å². The van der Waals surface area contributed by atoms with Gasteiger partial charge in [0.1, 0.15) is 17.7 Å². The number of anilines is 1. The molecule has 1 aliphatic heterocycles. The minimum Gasteiger partial charge on any atom is -0.463 e. The van der Waals surface area contributed by atoms with E-state index in [1.165, 1.54) is 59.2 Å². The molecule has 1 aliphatic rings. The Morgan fingerprint density at radius 1 is 1.09 bits per heavy atom. The second-order valence-corrected chi connectivity index (χ2v) is 13.0.